The molecular formula is C59H50. The molecule has 0 aromatic heterocycles. The maximum Gasteiger partial charge on any atom is 0.0206 e. The number of allylic oxidation sites excluding steroid dienone is 19. The molecule has 12 rings (SSSR count). The zero-order valence-corrected chi connectivity index (χ0v) is 34.2. The van der Waals surface area contributed by atoms with Gasteiger partial charge in [-0.3, -0.25) is 0 Å². The smallest absolute Gasteiger partial charge is 0.0206 e. The fraction of sp³-hybridized carbons (Fsp3) is 0.220. The zero-order valence-electron chi connectivity index (χ0n) is 34.2. The molecule has 7 aliphatic carbocycles. The van der Waals surface area contributed by atoms with E-state index in [1.165, 1.54) is 120 Å². The molecule has 2 atom stereocenters. The van der Waals surface area contributed by atoms with E-state index in [9.17, 15) is 0 Å². The zero-order chi connectivity index (χ0) is 39.2. The maximum absolute atomic E-state index is 4.23. The van der Waals surface area contributed by atoms with Crippen molar-refractivity contribution in [2.75, 3.05) is 0 Å². The van der Waals surface area contributed by atoms with Gasteiger partial charge in [-0.1, -0.05) is 156 Å². The van der Waals surface area contributed by atoms with Gasteiger partial charge in [-0.25, -0.2) is 0 Å². The van der Waals surface area contributed by atoms with Crippen molar-refractivity contribution in [3.8, 4) is 22.3 Å². The van der Waals surface area contributed by atoms with Gasteiger partial charge in [0.1, 0.15) is 0 Å². The van der Waals surface area contributed by atoms with Crippen molar-refractivity contribution in [2.24, 2.45) is 11.8 Å². The van der Waals surface area contributed by atoms with Gasteiger partial charge >= 0.3 is 0 Å². The Morgan fingerprint density at radius 2 is 1.37 bits per heavy atom. The molecule has 0 heteroatoms. The van der Waals surface area contributed by atoms with Gasteiger partial charge in [0.25, 0.3) is 0 Å². The Bertz CT molecular complexity index is 2970. The average Bonchev–Trinajstić information content (AvgIpc) is 3.78. The van der Waals surface area contributed by atoms with Crippen LogP contribution in [-0.2, 0) is 0 Å². The summed E-state index contributed by atoms with van der Waals surface area (Å²) in [4.78, 5) is 0. The monoisotopic (exact) mass is 758 g/mol. The van der Waals surface area contributed by atoms with E-state index in [1.54, 1.807) is 27.9 Å². The first-order valence-electron chi connectivity index (χ1n) is 22.3. The normalized spacial score (nSPS) is 20.8. The predicted octanol–water partition coefficient (Wildman–Crippen LogP) is 16.3. The lowest BCUT2D eigenvalue weighted by molar-refractivity contribution is 0.651. The highest BCUT2D eigenvalue weighted by molar-refractivity contribution is 6.30. The molecule has 0 amide bonds. The summed E-state index contributed by atoms with van der Waals surface area (Å²) in [6.45, 7) is 6.40. The fourth-order valence-corrected chi connectivity index (χ4v) is 11.9. The molecule has 7 aliphatic rings. The highest BCUT2D eigenvalue weighted by atomic mass is 14.5. The highest BCUT2D eigenvalue weighted by Gasteiger charge is 2.45. The van der Waals surface area contributed by atoms with E-state index in [4.69, 9.17) is 0 Å². The minimum absolute atomic E-state index is 0.304. The topological polar surface area (TPSA) is 0 Å². The van der Waals surface area contributed by atoms with Crippen molar-refractivity contribution in [1.82, 2.24) is 0 Å². The molecular weight excluding hydrogens is 709 g/mol. The highest BCUT2D eigenvalue weighted by Crippen LogP contribution is 2.63. The largest absolute Gasteiger partial charge is 0.100 e. The van der Waals surface area contributed by atoms with Crippen LogP contribution >= 0.6 is 0 Å². The quantitative estimate of drug-likeness (QED) is 0.109. The third kappa shape index (κ3) is 5.49. The van der Waals surface area contributed by atoms with Gasteiger partial charge in [-0.15, -0.1) is 6.58 Å². The molecule has 0 bridgehead atoms. The average molecular weight is 759 g/mol. The van der Waals surface area contributed by atoms with Crippen molar-refractivity contribution in [1.29, 1.82) is 0 Å². The molecule has 0 spiro atoms. The Kier molecular flexibility index (Phi) is 8.19. The van der Waals surface area contributed by atoms with Gasteiger partial charge in [-0.2, -0.15) is 0 Å². The first-order valence-corrected chi connectivity index (χ1v) is 22.3. The minimum atomic E-state index is 0.304. The van der Waals surface area contributed by atoms with E-state index >= 15 is 0 Å². The second kappa shape index (κ2) is 13.8. The summed E-state index contributed by atoms with van der Waals surface area (Å²) >= 11 is 0. The summed E-state index contributed by atoms with van der Waals surface area (Å²) in [5.74, 6) is 0.644. The van der Waals surface area contributed by atoms with Gasteiger partial charge in [0.05, 0.1) is 0 Å². The van der Waals surface area contributed by atoms with Gasteiger partial charge < -0.3 is 0 Å². The van der Waals surface area contributed by atoms with Crippen molar-refractivity contribution >= 4 is 43.8 Å². The van der Waals surface area contributed by atoms with E-state index in [1.807, 2.05) is 0 Å². The van der Waals surface area contributed by atoms with Gasteiger partial charge in [0, 0.05) is 11.8 Å². The Labute approximate surface area is 349 Å². The third-order valence-corrected chi connectivity index (χ3v) is 14.6. The lowest BCUT2D eigenvalue weighted by atomic mass is 9.68. The van der Waals surface area contributed by atoms with Crippen LogP contribution in [0.2, 0.25) is 0 Å². The van der Waals surface area contributed by atoms with Crippen molar-refractivity contribution in [3.05, 3.63) is 202 Å². The predicted molar refractivity (Wildman–Crippen MR) is 253 cm³/mol. The van der Waals surface area contributed by atoms with E-state index in [0.29, 0.717) is 11.8 Å². The lowest BCUT2D eigenvalue weighted by Crippen LogP contribution is -2.22. The van der Waals surface area contributed by atoms with Gasteiger partial charge in [0.15, 0.2) is 0 Å². The molecule has 0 radical (unpaired) electrons. The van der Waals surface area contributed by atoms with E-state index < -0.39 is 0 Å². The second-order valence-corrected chi connectivity index (χ2v) is 18.1. The van der Waals surface area contributed by atoms with E-state index in [2.05, 4.69) is 153 Å². The number of rotatable bonds is 8. The Balaban J connectivity index is 1.13. The molecule has 0 fully saturated rings. The van der Waals surface area contributed by atoms with Gasteiger partial charge in [-0.05, 0) is 177 Å². The fourth-order valence-electron chi connectivity index (χ4n) is 11.9. The van der Waals surface area contributed by atoms with Crippen molar-refractivity contribution in [2.45, 2.75) is 71.1 Å². The molecule has 0 saturated heterocycles. The third-order valence-electron chi connectivity index (χ3n) is 14.6. The summed E-state index contributed by atoms with van der Waals surface area (Å²) in [5.41, 5.74) is 26.4. The van der Waals surface area contributed by atoms with Crippen LogP contribution in [0.4, 0.5) is 0 Å². The summed E-state index contributed by atoms with van der Waals surface area (Å²) in [6, 6.07) is 32.6. The van der Waals surface area contributed by atoms with Crippen LogP contribution in [0.25, 0.3) is 66.1 Å². The van der Waals surface area contributed by atoms with Crippen LogP contribution in [0.5, 0.6) is 0 Å². The number of benzene rings is 5. The molecule has 286 valence electrons. The van der Waals surface area contributed by atoms with Crippen molar-refractivity contribution < 1.29 is 0 Å². The van der Waals surface area contributed by atoms with Crippen LogP contribution in [0, 0.1) is 11.8 Å². The second-order valence-electron chi connectivity index (χ2n) is 18.1. The van der Waals surface area contributed by atoms with Crippen LogP contribution in [0.3, 0.4) is 0 Å². The molecule has 0 heterocycles. The van der Waals surface area contributed by atoms with E-state index in [0.717, 1.165) is 38.5 Å². The maximum atomic E-state index is 4.23. The Morgan fingerprint density at radius 1 is 0.610 bits per heavy atom. The lowest BCUT2D eigenvalue weighted by Gasteiger charge is -2.35. The SMILES string of the molecule is C=C(C)CCC1=CC2=C(C=C3c4c(c(-c5ccccc5)c5cc6c7c(cccc7c5c4-c4ccccc4)C4=C6CCC(CCC5=CC=CCC5)=C4)C4=CC=CC2C43)CC1. The molecule has 2 unspecified atom stereocenters. The summed E-state index contributed by atoms with van der Waals surface area (Å²) in [7, 11) is 0. The molecule has 0 saturated carbocycles. The molecule has 0 nitrogen and oxygen atoms in total. The van der Waals surface area contributed by atoms with Crippen LogP contribution in [-0.4, -0.2) is 0 Å². The summed E-state index contributed by atoms with van der Waals surface area (Å²) in [6.07, 6.45) is 33.6. The minimum Gasteiger partial charge on any atom is -0.100 e. The van der Waals surface area contributed by atoms with Crippen molar-refractivity contribution in [3.63, 3.8) is 0 Å². The Hall–Kier alpha value is -5.98. The first kappa shape index (κ1) is 35.0. The summed E-state index contributed by atoms with van der Waals surface area (Å²) < 4.78 is 0. The number of fused-ring (bicyclic) bond motifs is 8. The van der Waals surface area contributed by atoms with E-state index in [-0.39, 0.29) is 0 Å². The molecule has 5 aromatic carbocycles. The van der Waals surface area contributed by atoms with Crippen LogP contribution in [0.15, 0.2) is 180 Å². The van der Waals surface area contributed by atoms with Gasteiger partial charge in [0.2, 0.25) is 0 Å². The molecule has 59 heavy (non-hydrogen) atoms. The number of hydrogen-bond acceptors (Lipinski definition) is 0. The summed E-state index contributed by atoms with van der Waals surface area (Å²) in [5, 5.41) is 5.65. The first-order chi connectivity index (χ1) is 29.1. The molecule has 0 N–H and O–H groups in total. The number of hydrogen-bond donors (Lipinski definition) is 0. The molecule has 5 aromatic rings. The standard InChI is InChI=1S/C59H50/c1-36(2)24-25-38-28-30-42-34-51-56-44(48(42)32-38)20-12-23-47(56)58-53(40-16-8-4-9-17-40)52-35-50-43-31-29-39(27-26-37-14-6-3-7-15-37)33-49(43)45-21-13-22-46(55(45)50)57(52)54(59(51)58)41-18-10-5-11-19-41/h3-6,8-14,16-23,32-35,44,56H,1,7,15,24-31H2,2H3. The Morgan fingerprint density at radius 3 is 2.17 bits per heavy atom. The van der Waals surface area contributed by atoms with Crippen LogP contribution in [0.1, 0.15) is 93.4 Å². The molecule has 0 aliphatic heterocycles. The van der Waals surface area contributed by atoms with Crippen LogP contribution < -0.4 is 0 Å².